The normalized spacial score (nSPS) is 18.2. The lowest BCUT2D eigenvalue weighted by Gasteiger charge is -2.37. The minimum absolute atomic E-state index is 0.295. The van der Waals surface area contributed by atoms with E-state index in [0.29, 0.717) is 13.2 Å². The molecule has 6 heteroatoms. The maximum atomic E-state index is 12.0. The highest BCUT2D eigenvalue weighted by Gasteiger charge is 2.27. The number of nitrogens with zero attached hydrogens (tertiary/aromatic N) is 1. The van der Waals surface area contributed by atoms with E-state index >= 15 is 0 Å². The zero-order valence-corrected chi connectivity index (χ0v) is 21.7. The van der Waals surface area contributed by atoms with Crippen molar-refractivity contribution >= 4 is 7.82 Å². The third-order valence-corrected chi connectivity index (χ3v) is 7.80. The van der Waals surface area contributed by atoms with Crippen LogP contribution >= 0.6 is 7.82 Å². The number of likely N-dealkylation sites (N-methyl/N-ethyl adjacent to an activating group) is 1. The van der Waals surface area contributed by atoms with Crippen molar-refractivity contribution in [3.8, 4) is 0 Å². The summed E-state index contributed by atoms with van der Waals surface area (Å²) in [5, 5.41) is 0. The number of quaternary nitrogens is 1. The van der Waals surface area contributed by atoms with Crippen molar-refractivity contribution in [2.24, 2.45) is 0 Å². The summed E-state index contributed by atoms with van der Waals surface area (Å²) in [4.78, 5) is 9.85. The lowest BCUT2D eigenvalue weighted by Crippen LogP contribution is -2.49. The van der Waals surface area contributed by atoms with Gasteiger partial charge in [-0.05, 0) is 25.7 Å². The monoisotopic (exact) mass is 462 g/mol. The van der Waals surface area contributed by atoms with Crippen molar-refractivity contribution < 1.29 is 23.0 Å². The first kappa shape index (κ1) is 29.1. The Bertz CT molecular complexity index is 455. The van der Waals surface area contributed by atoms with Gasteiger partial charge in [0, 0.05) is 0 Å². The average Bonchev–Trinajstić information content (AvgIpc) is 2.73. The number of piperidine rings is 1. The van der Waals surface area contributed by atoms with Crippen molar-refractivity contribution in [2.45, 2.75) is 122 Å². The van der Waals surface area contributed by atoms with Crippen LogP contribution in [-0.4, -0.2) is 49.3 Å². The van der Waals surface area contributed by atoms with Crippen LogP contribution in [0, 0.1) is 0 Å². The van der Waals surface area contributed by atoms with E-state index in [9.17, 15) is 9.46 Å². The summed E-state index contributed by atoms with van der Waals surface area (Å²) in [6, 6.07) is 0. The van der Waals surface area contributed by atoms with Crippen molar-refractivity contribution in [3.63, 3.8) is 0 Å². The molecule has 5 nitrogen and oxygen atoms in total. The Morgan fingerprint density at radius 1 is 0.677 bits per heavy atom. The smallest absolute Gasteiger partial charge is 0.324 e. The first-order valence-electron chi connectivity index (χ1n) is 13.4. The summed E-state index contributed by atoms with van der Waals surface area (Å²) in [5.41, 5.74) is 0. The fourth-order valence-electron chi connectivity index (χ4n) is 4.57. The van der Waals surface area contributed by atoms with Gasteiger partial charge in [-0.25, -0.2) is 4.57 Å². The molecular formula is C25H53NO4P+. The molecule has 31 heavy (non-hydrogen) atoms. The lowest BCUT2D eigenvalue weighted by atomic mass is 10.0. The maximum Gasteiger partial charge on any atom is 0.472 e. The van der Waals surface area contributed by atoms with Gasteiger partial charge in [0.1, 0.15) is 13.2 Å². The first-order valence-corrected chi connectivity index (χ1v) is 14.9. The highest BCUT2D eigenvalue weighted by atomic mass is 31.2. The minimum atomic E-state index is -3.89. The molecule has 1 N–H and O–H groups in total. The summed E-state index contributed by atoms with van der Waals surface area (Å²) in [7, 11) is -1.68. The number of phosphoric ester groups is 1. The van der Waals surface area contributed by atoms with Crippen LogP contribution in [0.3, 0.4) is 0 Å². The second-order valence-electron chi connectivity index (χ2n) is 9.94. The molecule has 0 aromatic heterocycles. The number of unbranched alkanes of at least 4 members (excludes halogenated alkanes) is 14. The topological polar surface area (TPSA) is 55.8 Å². The average molecular weight is 463 g/mol. The molecule has 0 amide bonds. The van der Waals surface area contributed by atoms with E-state index in [2.05, 4.69) is 14.0 Å². The lowest BCUT2D eigenvalue weighted by molar-refractivity contribution is -0.914. The number of likely N-dealkylation sites (tertiary alicyclic amines) is 1. The van der Waals surface area contributed by atoms with E-state index < -0.39 is 7.82 Å². The van der Waals surface area contributed by atoms with E-state index in [1.807, 2.05) is 0 Å². The predicted molar refractivity (Wildman–Crippen MR) is 131 cm³/mol. The SMILES string of the molecule is CCCCCCCCCCCCCCCCCOP(=O)(O)OCC[N+]1(C)CCCCC1. The molecule has 0 spiro atoms. The molecule has 1 heterocycles. The van der Waals surface area contributed by atoms with Crippen molar-refractivity contribution in [1.29, 1.82) is 0 Å². The van der Waals surface area contributed by atoms with E-state index in [0.717, 1.165) is 37.0 Å². The van der Waals surface area contributed by atoms with Crippen molar-refractivity contribution in [3.05, 3.63) is 0 Å². The molecule has 1 unspecified atom stereocenters. The van der Waals surface area contributed by atoms with Gasteiger partial charge in [0.25, 0.3) is 0 Å². The molecule has 1 atom stereocenters. The van der Waals surface area contributed by atoms with Crippen LogP contribution in [0.25, 0.3) is 0 Å². The number of hydrogen-bond acceptors (Lipinski definition) is 3. The standard InChI is InChI=1S/C25H52NO4P/c1-3-4-5-6-7-8-9-10-11-12-13-14-15-16-20-24-29-31(27,28)30-25-23-26(2)21-18-17-19-22-26/h3-25H2,1-2H3/p+1. The van der Waals surface area contributed by atoms with Gasteiger partial charge in [-0.15, -0.1) is 0 Å². The van der Waals surface area contributed by atoms with Gasteiger partial charge in [-0.1, -0.05) is 96.8 Å². The minimum Gasteiger partial charge on any atom is -0.324 e. The second kappa shape index (κ2) is 18.5. The molecule has 0 radical (unpaired) electrons. The summed E-state index contributed by atoms with van der Waals surface area (Å²) in [6.45, 7) is 5.95. The van der Waals surface area contributed by atoms with E-state index in [4.69, 9.17) is 9.05 Å². The zero-order chi connectivity index (χ0) is 22.7. The van der Waals surface area contributed by atoms with E-state index in [-0.39, 0.29) is 0 Å². The molecule has 1 rings (SSSR count). The maximum absolute atomic E-state index is 12.0. The molecule has 1 saturated heterocycles. The van der Waals surface area contributed by atoms with Gasteiger partial charge in [0.15, 0.2) is 0 Å². The van der Waals surface area contributed by atoms with Gasteiger partial charge in [-0.2, -0.15) is 0 Å². The van der Waals surface area contributed by atoms with Gasteiger partial charge in [0.2, 0.25) is 0 Å². The largest absolute Gasteiger partial charge is 0.472 e. The van der Waals surface area contributed by atoms with Crippen molar-refractivity contribution in [1.82, 2.24) is 0 Å². The van der Waals surface area contributed by atoms with Crippen molar-refractivity contribution in [2.75, 3.05) is 39.9 Å². The van der Waals surface area contributed by atoms with Gasteiger partial charge >= 0.3 is 7.82 Å². The first-order chi connectivity index (χ1) is 15.0. The zero-order valence-electron chi connectivity index (χ0n) is 20.8. The van der Waals surface area contributed by atoms with Gasteiger partial charge < -0.3 is 9.38 Å². The Hall–Kier alpha value is 0.0700. The number of phosphoric acid groups is 1. The highest BCUT2D eigenvalue weighted by Crippen LogP contribution is 2.43. The summed E-state index contributed by atoms with van der Waals surface area (Å²) in [5.74, 6) is 0. The molecule has 1 aliphatic heterocycles. The molecule has 1 aliphatic rings. The third-order valence-electron chi connectivity index (χ3n) is 6.78. The van der Waals surface area contributed by atoms with Crippen LogP contribution in [-0.2, 0) is 13.6 Å². The second-order valence-corrected chi connectivity index (χ2v) is 11.4. The third kappa shape index (κ3) is 17.2. The fourth-order valence-corrected chi connectivity index (χ4v) is 5.31. The Labute approximate surface area is 193 Å². The molecule has 0 saturated carbocycles. The molecule has 0 aromatic rings. The van der Waals surface area contributed by atoms with Crippen LogP contribution < -0.4 is 0 Å². The van der Waals surface area contributed by atoms with Crippen LogP contribution in [0.2, 0.25) is 0 Å². The van der Waals surface area contributed by atoms with Crippen LogP contribution in [0.1, 0.15) is 122 Å². The quantitative estimate of drug-likeness (QED) is 0.108. The Morgan fingerprint density at radius 3 is 1.58 bits per heavy atom. The van der Waals surface area contributed by atoms with Gasteiger partial charge in [-0.3, -0.25) is 9.05 Å². The molecule has 0 bridgehead atoms. The Balaban J connectivity index is 1.84. The van der Waals surface area contributed by atoms with Crippen LogP contribution in [0.5, 0.6) is 0 Å². The summed E-state index contributed by atoms with van der Waals surface area (Å²) >= 11 is 0. The fraction of sp³-hybridized carbons (Fsp3) is 1.00. The van der Waals surface area contributed by atoms with E-state index in [1.165, 1.54) is 103 Å². The van der Waals surface area contributed by atoms with Crippen LogP contribution in [0.4, 0.5) is 0 Å². The number of rotatable bonds is 21. The predicted octanol–water partition coefficient (Wildman–Crippen LogP) is 7.62. The summed E-state index contributed by atoms with van der Waals surface area (Å²) < 4.78 is 23.3. The number of hydrogen-bond donors (Lipinski definition) is 1. The molecular weight excluding hydrogens is 409 g/mol. The molecule has 1 fully saturated rings. The van der Waals surface area contributed by atoms with Crippen LogP contribution in [0.15, 0.2) is 0 Å². The Kier molecular flexibility index (Phi) is 17.4. The molecule has 186 valence electrons. The summed E-state index contributed by atoms with van der Waals surface area (Å²) in [6.07, 6.45) is 23.4. The van der Waals surface area contributed by atoms with E-state index in [1.54, 1.807) is 0 Å². The Morgan fingerprint density at radius 2 is 1.10 bits per heavy atom. The molecule has 0 aliphatic carbocycles. The highest BCUT2D eigenvalue weighted by molar-refractivity contribution is 7.47. The molecule has 0 aromatic carbocycles. The van der Waals surface area contributed by atoms with Gasteiger partial charge in [0.05, 0.1) is 26.7 Å².